The zero-order valence-corrected chi connectivity index (χ0v) is 39.1. The van der Waals surface area contributed by atoms with Gasteiger partial charge in [0, 0.05) is 29.1 Å². The normalized spacial score (nSPS) is 39.7. The molecule has 0 radical (unpaired) electrons. The first-order valence-corrected chi connectivity index (χ1v) is 22.9. The van der Waals surface area contributed by atoms with E-state index >= 15 is 0 Å². The van der Waals surface area contributed by atoms with E-state index in [9.17, 15) is 27.9 Å². The van der Waals surface area contributed by atoms with Gasteiger partial charge in [0.25, 0.3) is 0 Å². The van der Waals surface area contributed by atoms with Crippen molar-refractivity contribution in [3.8, 4) is 0 Å². The Balaban J connectivity index is 1.35. The molecule has 4 aliphatic carbocycles. The number of aliphatic carboxylic acids is 1. The number of allylic oxidation sites excluding steroid dienone is 2. The Kier molecular flexibility index (Phi) is 11.7. The molecule has 2 bridgehead atoms. The number of halogens is 3. The van der Waals surface area contributed by atoms with E-state index in [4.69, 9.17) is 30.0 Å². The highest BCUT2D eigenvalue weighted by molar-refractivity contribution is 5.77. The molecule has 3 saturated carbocycles. The first-order valence-electron chi connectivity index (χ1n) is 22.9. The van der Waals surface area contributed by atoms with Gasteiger partial charge in [0.1, 0.15) is 18.1 Å². The fourth-order valence-electron chi connectivity index (χ4n) is 13.7. The molecule has 0 aromatic carbocycles. The Morgan fingerprint density at radius 3 is 2.35 bits per heavy atom. The number of ether oxygens (including phenoxy) is 3. The Hall–Kier alpha value is -3.23. The van der Waals surface area contributed by atoms with Crippen LogP contribution in [0.2, 0.25) is 0 Å². The van der Waals surface area contributed by atoms with Crippen molar-refractivity contribution in [1.29, 1.82) is 0 Å². The fourth-order valence-corrected chi connectivity index (χ4v) is 13.7. The highest BCUT2D eigenvalue weighted by atomic mass is 19.4. The van der Waals surface area contributed by atoms with Gasteiger partial charge in [-0.05, 0) is 110 Å². The zero-order chi connectivity index (χ0) is 45.8. The number of carbonyl (C=O) groups excluding carboxylic acids is 1. The molecular weight excluding hydrogens is 800 g/mol. The number of nitrogens with two attached hydrogens (primary N) is 1. The third kappa shape index (κ3) is 7.00. The third-order valence-electron chi connectivity index (χ3n) is 18.5. The lowest BCUT2D eigenvalue weighted by molar-refractivity contribution is -0.253. The molecular formula is C48H72F3N5O6. The Bertz CT molecular complexity index is 2000. The van der Waals surface area contributed by atoms with Crippen molar-refractivity contribution in [2.45, 2.75) is 152 Å². The van der Waals surface area contributed by atoms with E-state index in [1.807, 2.05) is 23.4 Å². The van der Waals surface area contributed by atoms with E-state index in [-0.39, 0.29) is 46.4 Å². The summed E-state index contributed by atoms with van der Waals surface area (Å²) in [5, 5.41) is 16.1. The quantitative estimate of drug-likeness (QED) is 0.173. The van der Waals surface area contributed by atoms with E-state index in [1.54, 1.807) is 6.20 Å². The van der Waals surface area contributed by atoms with Gasteiger partial charge in [-0.3, -0.25) is 4.79 Å². The van der Waals surface area contributed by atoms with Crippen molar-refractivity contribution in [3.05, 3.63) is 47.9 Å². The summed E-state index contributed by atoms with van der Waals surface area (Å²) in [6.45, 7) is 27.7. The Morgan fingerprint density at radius 2 is 1.74 bits per heavy atom. The molecule has 2 aliphatic heterocycles. The minimum Gasteiger partial charge on any atom is -0.481 e. The monoisotopic (exact) mass is 872 g/mol. The van der Waals surface area contributed by atoms with Crippen molar-refractivity contribution < 1.29 is 42.1 Å². The maximum Gasteiger partial charge on any atom is 0.491 e. The summed E-state index contributed by atoms with van der Waals surface area (Å²) < 4.78 is 60.8. The van der Waals surface area contributed by atoms with Crippen LogP contribution in [0.5, 0.6) is 0 Å². The van der Waals surface area contributed by atoms with Crippen LogP contribution < -0.4 is 5.73 Å². The molecule has 4 fully saturated rings. The SMILES string of the molecule is CCN1C=CC(OC(=O)C(F)(F)F)=CC1c1ncnn1[C@@H]1C[C@@]23COC[C@](C)([C@@H]2CC[C@H]2C3=CC[C@@]3(C)[C@H](C(=O)O)[C@@](C)([C@H](C)C(C)C)CC[C@]23C)[C@H]1OC[C@](C)(N)C(C)(C)C. The molecule has 6 aliphatic rings. The van der Waals surface area contributed by atoms with Crippen molar-refractivity contribution in [2.75, 3.05) is 26.4 Å². The molecule has 1 unspecified atom stereocenters. The minimum absolute atomic E-state index is 0.138. The number of likely N-dealkylation sites (N-methyl/N-ethyl adjacent to an activating group) is 1. The van der Waals surface area contributed by atoms with Crippen LogP contribution >= 0.6 is 0 Å². The van der Waals surface area contributed by atoms with Gasteiger partial charge in [-0.25, -0.2) is 14.5 Å². The van der Waals surface area contributed by atoms with E-state index in [1.165, 1.54) is 24.1 Å². The molecule has 0 amide bonds. The number of hydrogen-bond acceptors (Lipinski definition) is 9. The Labute approximate surface area is 366 Å². The molecule has 3 N–H and O–H groups in total. The number of alkyl halides is 3. The smallest absolute Gasteiger partial charge is 0.481 e. The minimum atomic E-state index is -5.16. The van der Waals surface area contributed by atoms with Gasteiger partial charge in [-0.1, -0.05) is 80.9 Å². The molecule has 13 atom stereocenters. The number of carboxylic acid groups (broad SMARTS) is 1. The number of fused-ring (bicyclic) bond motifs is 3. The number of esters is 1. The fraction of sp³-hybridized carbons (Fsp3) is 0.792. The molecule has 62 heavy (non-hydrogen) atoms. The number of hydrogen-bond donors (Lipinski definition) is 2. The molecule has 1 aromatic rings. The standard InChI is InChI=1S/C48H72F3N5O6/c1-13-55-21-17-30(62-40(59)48(49,50)51)22-33(55)38-53-27-54-56(38)34-23-47-26-60-24-43(9,37(34)61-25-46(12,52)41(5,6)7)35(47)15-14-31-32(47)16-18-45(11)36(39(57)58)42(8,29(4)28(2)3)19-20-44(31,45)10/h16-17,21-22,27-29,31,33-37H,13-15,18-20,23-26,52H2,1-12H3,(H,57,58)/t29-,31+,33?,34-,35+,36-,37+,42-,43-,44-,45+,46+,47+/m1/s1. The second kappa shape index (κ2) is 15.5. The van der Waals surface area contributed by atoms with Crippen LogP contribution in [0, 0.1) is 62.1 Å². The maximum atomic E-state index is 13.7. The van der Waals surface area contributed by atoms with Gasteiger partial charge in [0.05, 0.1) is 37.9 Å². The largest absolute Gasteiger partial charge is 0.491 e. The molecule has 11 nitrogen and oxygen atoms in total. The van der Waals surface area contributed by atoms with Gasteiger partial charge < -0.3 is 30.0 Å². The lowest BCUT2D eigenvalue weighted by Gasteiger charge is -2.71. The van der Waals surface area contributed by atoms with Crippen LogP contribution in [0.1, 0.15) is 140 Å². The van der Waals surface area contributed by atoms with Crippen LogP contribution in [0.4, 0.5) is 13.2 Å². The predicted octanol–water partition coefficient (Wildman–Crippen LogP) is 9.44. The van der Waals surface area contributed by atoms with Crippen LogP contribution in [-0.4, -0.2) is 80.9 Å². The van der Waals surface area contributed by atoms with Gasteiger partial charge >= 0.3 is 18.1 Å². The lowest BCUT2D eigenvalue weighted by Crippen LogP contribution is -2.69. The highest BCUT2D eigenvalue weighted by Crippen LogP contribution is 2.75. The van der Waals surface area contributed by atoms with Gasteiger partial charge in [0.2, 0.25) is 0 Å². The second-order valence-corrected chi connectivity index (χ2v) is 22.6. The number of aromatic nitrogens is 3. The van der Waals surface area contributed by atoms with E-state index < -0.39 is 64.0 Å². The summed E-state index contributed by atoms with van der Waals surface area (Å²) in [5.74, 6) is -2.37. The first-order chi connectivity index (χ1) is 28.6. The number of carbonyl (C=O) groups is 2. The predicted molar refractivity (Wildman–Crippen MR) is 229 cm³/mol. The van der Waals surface area contributed by atoms with E-state index in [0.717, 1.165) is 25.7 Å². The van der Waals surface area contributed by atoms with Gasteiger partial charge in [-0.15, -0.1) is 0 Å². The second-order valence-electron chi connectivity index (χ2n) is 22.6. The lowest BCUT2D eigenvalue weighted by atomic mass is 9.34. The van der Waals surface area contributed by atoms with Crippen molar-refractivity contribution >= 4 is 11.9 Å². The summed E-state index contributed by atoms with van der Waals surface area (Å²) >= 11 is 0. The number of carboxylic acids is 1. The van der Waals surface area contributed by atoms with Gasteiger partial charge in [0.15, 0.2) is 5.82 Å². The molecule has 14 heteroatoms. The van der Waals surface area contributed by atoms with E-state index in [2.05, 4.69) is 75.3 Å². The topological polar surface area (TPSA) is 142 Å². The molecule has 0 spiro atoms. The summed E-state index contributed by atoms with van der Waals surface area (Å²) in [5.41, 5.74) is 5.30. The highest BCUT2D eigenvalue weighted by Gasteiger charge is 2.72. The average Bonchev–Trinajstić information content (AvgIpc) is 3.66. The molecule has 1 saturated heterocycles. The van der Waals surface area contributed by atoms with E-state index in [0.29, 0.717) is 44.3 Å². The van der Waals surface area contributed by atoms with Crippen molar-refractivity contribution in [2.24, 2.45) is 67.8 Å². The molecule has 7 rings (SSSR count). The zero-order valence-electron chi connectivity index (χ0n) is 39.1. The van der Waals surface area contributed by atoms with Crippen LogP contribution in [0.25, 0.3) is 0 Å². The number of rotatable bonds is 10. The summed E-state index contributed by atoms with van der Waals surface area (Å²) in [7, 11) is 0. The average molecular weight is 872 g/mol. The molecule has 1 aromatic heterocycles. The molecule has 3 heterocycles. The maximum absolute atomic E-state index is 13.7. The van der Waals surface area contributed by atoms with Crippen LogP contribution in [0.3, 0.4) is 0 Å². The summed E-state index contributed by atoms with van der Waals surface area (Å²) in [4.78, 5) is 32.4. The van der Waals surface area contributed by atoms with Crippen LogP contribution in [0.15, 0.2) is 42.1 Å². The van der Waals surface area contributed by atoms with Crippen molar-refractivity contribution in [3.63, 3.8) is 0 Å². The Morgan fingerprint density at radius 1 is 1.05 bits per heavy atom. The molecule has 346 valence electrons. The third-order valence-corrected chi connectivity index (χ3v) is 18.5. The summed E-state index contributed by atoms with van der Waals surface area (Å²) in [6, 6.07) is -1.11. The summed E-state index contributed by atoms with van der Waals surface area (Å²) in [6.07, 6.45) is 7.65. The van der Waals surface area contributed by atoms with Gasteiger partial charge in [-0.2, -0.15) is 18.3 Å². The van der Waals surface area contributed by atoms with Crippen LogP contribution in [-0.2, 0) is 23.8 Å². The number of nitrogens with zero attached hydrogens (tertiary/aromatic N) is 4. The van der Waals surface area contributed by atoms with Crippen molar-refractivity contribution in [1.82, 2.24) is 19.7 Å². The first kappa shape index (κ1) is 46.8.